The molecule has 0 spiro atoms. The van der Waals surface area contributed by atoms with E-state index in [1.54, 1.807) is 0 Å². The van der Waals surface area contributed by atoms with E-state index in [4.69, 9.17) is 24.7 Å². The first-order valence-corrected chi connectivity index (χ1v) is 5.93. The molecule has 1 rings (SSSR count). The predicted octanol–water partition coefficient (Wildman–Crippen LogP) is -0.152. The van der Waals surface area contributed by atoms with Gasteiger partial charge >= 0.3 is 25.3 Å². The van der Waals surface area contributed by atoms with E-state index in [2.05, 4.69) is 5.43 Å². The topological polar surface area (TPSA) is 75.4 Å². The third-order valence-electron chi connectivity index (χ3n) is 1.03. The number of hydrazine groups is 1. The molecule has 1 fully saturated rings. The molecule has 0 aliphatic carbocycles. The molecular weight excluding hydrogens is 282 g/mol. The minimum atomic E-state index is -2.03. The summed E-state index contributed by atoms with van der Waals surface area (Å²) < 4.78 is 19.4. The molecule has 8 heteroatoms. The van der Waals surface area contributed by atoms with Crippen molar-refractivity contribution in [3.05, 3.63) is 0 Å². The van der Waals surface area contributed by atoms with Gasteiger partial charge in [0.25, 0.3) is 0 Å². The van der Waals surface area contributed by atoms with Crippen molar-refractivity contribution in [2.24, 2.45) is 5.73 Å². The first-order valence-electron chi connectivity index (χ1n) is 3.11. The maximum atomic E-state index is 8.50. The normalized spacial score (nSPS) is 16.3. The van der Waals surface area contributed by atoms with Crippen molar-refractivity contribution in [2.45, 2.75) is 6.42 Å². The van der Waals surface area contributed by atoms with E-state index in [1.165, 1.54) is 18.4 Å². The molecule has 5 nitrogen and oxygen atoms in total. The summed E-state index contributed by atoms with van der Waals surface area (Å²) in [7, 11) is 0. The molecule has 1 aliphatic rings. The number of thiocarbonyl (C=S) groups is 1. The Bertz CT molecular complexity index is 179. The molecule has 12 heavy (non-hydrogen) atoms. The Morgan fingerprint density at radius 3 is 2.58 bits per heavy atom. The maximum absolute atomic E-state index is 8.50. The van der Waals surface area contributed by atoms with E-state index in [1.807, 2.05) is 4.41 Å². The fourth-order valence-corrected chi connectivity index (χ4v) is 1.56. The number of hydrogen-bond donors (Lipinski definition) is 2. The molecule has 0 radical (unpaired) electrons. The molecule has 0 aromatic carbocycles. The SMILES string of the molecule is NC(=S)SN1CCCN1.[O]=[Mo]=[O]. The second-order valence-corrected chi connectivity index (χ2v) is 3.94. The molecule has 0 unspecified atom stereocenters. The Morgan fingerprint density at radius 1 is 1.67 bits per heavy atom. The van der Waals surface area contributed by atoms with E-state index in [-0.39, 0.29) is 0 Å². The van der Waals surface area contributed by atoms with Crippen molar-refractivity contribution in [3.8, 4) is 0 Å². The second-order valence-electron chi connectivity index (χ2n) is 1.84. The van der Waals surface area contributed by atoms with Crippen LogP contribution in [0.4, 0.5) is 0 Å². The zero-order valence-electron chi connectivity index (χ0n) is 6.19. The molecule has 3 N–H and O–H groups in total. The summed E-state index contributed by atoms with van der Waals surface area (Å²) in [6, 6.07) is 0. The molecule has 0 aromatic rings. The molecule has 1 aliphatic heterocycles. The fourth-order valence-electron chi connectivity index (χ4n) is 0.692. The summed E-state index contributed by atoms with van der Waals surface area (Å²) in [5.41, 5.74) is 8.40. The summed E-state index contributed by atoms with van der Waals surface area (Å²) in [6.45, 7) is 2.07. The van der Waals surface area contributed by atoms with Gasteiger partial charge in [0, 0.05) is 25.0 Å². The van der Waals surface area contributed by atoms with E-state index in [0.717, 1.165) is 13.1 Å². The zero-order chi connectivity index (χ0) is 9.40. The van der Waals surface area contributed by atoms with Crippen LogP contribution < -0.4 is 11.2 Å². The standard InChI is InChI=1S/C4H9N3S2.Mo.2O/c5-4(8)9-7-3-1-2-6-7;;;/h6H,1-3H2,(H2,5,8);;;. The first kappa shape index (κ1) is 12.4. The van der Waals surface area contributed by atoms with Gasteiger partial charge in [0.1, 0.15) is 4.32 Å². The number of hydrogen-bond acceptors (Lipinski definition) is 6. The monoisotopic (exact) mass is 293 g/mol. The summed E-state index contributed by atoms with van der Waals surface area (Å²) in [5, 5.41) is 0. The summed E-state index contributed by atoms with van der Waals surface area (Å²) in [5.74, 6) is 0. The predicted molar refractivity (Wildman–Crippen MR) is 45.1 cm³/mol. The Labute approximate surface area is 88.7 Å². The molecule has 0 bridgehead atoms. The van der Waals surface area contributed by atoms with Gasteiger partial charge in [-0.05, 0) is 6.42 Å². The van der Waals surface area contributed by atoms with Gasteiger partial charge < -0.3 is 5.73 Å². The summed E-state index contributed by atoms with van der Waals surface area (Å²) >= 11 is 4.05. The average molecular weight is 291 g/mol. The number of rotatable bonds is 1. The molecule has 0 saturated carbocycles. The van der Waals surface area contributed by atoms with E-state index in [9.17, 15) is 0 Å². The van der Waals surface area contributed by atoms with Crippen molar-refractivity contribution in [1.29, 1.82) is 0 Å². The summed E-state index contributed by atoms with van der Waals surface area (Å²) in [6.07, 6.45) is 1.18. The van der Waals surface area contributed by atoms with Gasteiger partial charge in [0.15, 0.2) is 0 Å². The van der Waals surface area contributed by atoms with Crippen LogP contribution in [0.15, 0.2) is 0 Å². The van der Waals surface area contributed by atoms with E-state index >= 15 is 0 Å². The summed E-state index contributed by atoms with van der Waals surface area (Å²) in [4.78, 5) is 0. The van der Waals surface area contributed by atoms with Crippen LogP contribution in [0.5, 0.6) is 0 Å². The first-order chi connectivity index (χ1) is 5.70. The third-order valence-corrected chi connectivity index (χ3v) is 1.96. The number of nitrogens with two attached hydrogens (primary N) is 1. The fraction of sp³-hybridized carbons (Fsp3) is 0.750. The molecule has 70 valence electrons. The second kappa shape index (κ2) is 8.07. The quantitative estimate of drug-likeness (QED) is 0.395. The van der Waals surface area contributed by atoms with Gasteiger partial charge in [-0.25, -0.2) is 5.43 Å². The van der Waals surface area contributed by atoms with Crippen LogP contribution in [0.2, 0.25) is 0 Å². The van der Waals surface area contributed by atoms with Crippen LogP contribution in [0.1, 0.15) is 6.42 Å². The molecule has 0 atom stereocenters. The molecular formula is C4H9MoN3O2S2. The number of nitrogens with one attached hydrogen (secondary N) is 1. The average Bonchev–Trinajstić information content (AvgIpc) is 2.40. The molecule has 1 saturated heterocycles. The van der Waals surface area contributed by atoms with Crippen molar-refractivity contribution in [3.63, 3.8) is 0 Å². The van der Waals surface area contributed by atoms with Crippen molar-refractivity contribution < 1.29 is 25.3 Å². The Morgan fingerprint density at radius 2 is 2.25 bits per heavy atom. The third kappa shape index (κ3) is 7.12. The Hall–Kier alpha value is 0.448. The van der Waals surface area contributed by atoms with Crippen LogP contribution >= 0.6 is 24.2 Å². The van der Waals surface area contributed by atoms with Gasteiger partial charge in [-0.2, -0.15) is 4.41 Å². The van der Waals surface area contributed by atoms with Gasteiger partial charge in [0.2, 0.25) is 0 Å². The van der Waals surface area contributed by atoms with Gasteiger partial charge in [0.05, 0.1) is 0 Å². The van der Waals surface area contributed by atoms with E-state index in [0.29, 0.717) is 4.32 Å². The Kier molecular flexibility index (Phi) is 8.37. The van der Waals surface area contributed by atoms with Crippen LogP contribution in [-0.4, -0.2) is 21.8 Å². The minimum absolute atomic E-state index is 0.476. The van der Waals surface area contributed by atoms with Crippen molar-refractivity contribution in [1.82, 2.24) is 9.84 Å². The van der Waals surface area contributed by atoms with Gasteiger partial charge in [-0.1, -0.05) is 12.2 Å². The van der Waals surface area contributed by atoms with Gasteiger partial charge in [-0.3, -0.25) is 0 Å². The number of nitrogens with zero attached hydrogens (tertiary/aromatic N) is 1. The molecule has 0 amide bonds. The molecule has 1 heterocycles. The van der Waals surface area contributed by atoms with Crippen LogP contribution in [0, 0.1) is 0 Å². The zero-order valence-corrected chi connectivity index (χ0v) is 9.83. The van der Waals surface area contributed by atoms with E-state index < -0.39 is 18.5 Å². The Balaban J connectivity index is 0.000000354. The molecule has 0 aromatic heterocycles. The van der Waals surface area contributed by atoms with Gasteiger partial charge in [-0.15, -0.1) is 0 Å². The van der Waals surface area contributed by atoms with Crippen molar-refractivity contribution in [2.75, 3.05) is 13.1 Å². The van der Waals surface area contributed by atoms with Crippen LogP contribution in [-0.2, 0) is 25.3 Å². The van der Waals surface area contributed by atoms with Crippen LogP contribution in [0.25, 0.3) is 0 Å². The van der Waals surface area contributed by atoms with Crippen LogP contribution in [0.3, 0.4) is 0 Å². The van der Waals surface area contributed by atoms with Crippen molar-refractivity contribution >= 4 is 28.5 Å².